The van der Waals surface area contributed by atoms with E-state index in [0.717, 1.165) is 12.3 Å². The molecule has 1 aliphatic rings. The predicted molar refractivity (Wildman–Crippen MR) is 74.6 cm³/mol. The standard InChI is InChI=1S/C15H26N2O/c1-3-7-13(2)16-12-14(15-8-6-11-18-15)17-9-4-5-10-17/h6,8,11,13-14,16H,3-5,7,9-10,12H2,1-2H3. The van der Waals surface area contributed by atoms with Crippen LogP contribution in [0.3, 0.4) is 0 Å². The highest BCUT2D eigenvalue weighted by Gasteiger charge is 2.25. The fraction of sp³-hybridized carbons (Fsp3) is 0.733. The van der Waals surface area contributed by atoms with Crippen molar-refractivity contribution in [2.75, 3.05) is 19.6 Å². The van der Waals surface area contributed by atoms with Crippen LogP contribution in [0, 0.1) is 0 Å². The highest BCUT2D eigenvalue weighted by atomic mass is 16.3. The number of hydrogen-bond acceptors (Lipinski definition) is 3. The van der Waals surface area contributed by atoms with Crippen molar-refractivity contribution in [3.05, 3.63) is 24.2 Å². The molecule has 1 aromatic heterocycles. The number of furan rings is 1. The van der Waals surface area contributed by atoms with Crippen molar-refractivity contribution in [1.82, 2.24) is 10.2 Å². The zero-order chi connectivity index (χ0) is 12.8. The van der Waals surface area contributed by atoms with Gasteiger partial charge in [-0.05, 0) is 51.4 Å². The van der Waals surface area contributed by atoms with Gasteiger partial charge in [-0.3, -0.25) is 4.90 Å². The molecule has 0 amide bonds. The minimum Gasteiger partial charge on any atom is -0.468 e. The van der Waals surface area contributed by atoms with Crippen LogP contribution in [0.5, 0.6) is 0 Å². The van der Waals surface area contributed by atoms with Gasteiger partial charge in [-0.2, -0.15) is 0 Å². The van der Waals surface area contributed by atoms with Gasteiger partial charge in [-0.1, -0.05) is 13.3 Å². The molecule has 1 aliphatic heterocycles. The van der Waals surface area contributed by atoms with Gasteiger partial charge in [0.05, 0.1) is 12.3 Å². The van der Waals surface area contributed by atoms with Gasteiger partial charge < -0.3 is 9.73 Å². The van der Waals surface area contributed by atoms with E-state index >= 15 is 0 Å². The molecule has 2 heterocycles. The van der Waals surface area contributed by atoms with Crippen LogP contribution in [0.25, 0.3) is 0 Å². The van der Waals surface area contributed by atoms with E-state index in [0.29, 0.717) is 12.1 Å². The number of nitrogens with one attached hydrogen (secondary N) is 1. The van der Waals surface area contributed by atoms with Crippen LogP contribution in [0.15, 0.2) is 22.8 Å². The summed E-state index contributed by atoms with van der Waals surface area (Å²) in [6.07, 6.45) is 6.91. The topological polar surface area (TPSA) is 28.4 Å². The number of likely N-dealkylation sites (tertiary alicyclic amines) is 1. The summed E-state index contributed by atoms with van der Waals surface area (Å²) in [5, 5.41) is 3.65. The van der Waals surface area contributed by atoms with Gasteiger partial charge in [0.15, 0.2) is 0 Å². The molecule has 2 unspecified atom stereocenters. The van der Waals surface area contributed by atoms with Crippen LogP contribution in [0.4, 0.5) is 0 Å². The lowest BCUT2D eigenvalue weighted by Gasteiger charge is -2.27. The Bertz CT molecular complexity index is 317. The quantitative estimate of drug-likeness (QED) is 0.805. The molecular formula is C15H26N2O. The molecule has 0 aromatic carbocycles. The SMILES string of the molecule is CCCC(C)NCC(c1ccco1)N1CCCC1. The molecule has 1 N–H and O–H groups in total. The summed E-state index contributed by atoms with van der Waals surface area (Å²) in [5.41, 5.74) is 0. The molecule has 0 aliphatic carbocycles. The van der Waals surface area contributed by atoms with E-state index < -0.39 is 0 Å². The van der Waals surface area contributed by atoms with E-state index in [1.165, 1.54) is 38.8 Å². The van der Waals surface area contributed by atoms with E-state index in [9.17, 15) is 0 Å². The Hall–Kier alpha value is -0.800. The zero-order valence-corrected chi connectivity index (χ0v) is 11.7. The maximum Gasteiger partial charge on any atom is 0.122 e. The highest BCUT2D eigenvalue weighted by Crippen LogP contribution is 2.25. The molecule has 0 saturated carbocycles. The Morgan fingerprint density at radius 1 is 1.39 bits per heavy atom. The first-order valence-corrected chi connectivity index (χ1v) is 7.32. The molecule has 2 rings (SSSR count). The Labute approximate surface area is 111 Å². The lowest BCUT2D eigenvalue weighted by atomic mass is 10.1. The molecule has 0 spiro atoms. The van der Waals surface area contributed by atoms with Crippen LogP contribution in [-0.2, 0) is 0 Å². The summed E-state index contributed by atoms with van der Waals surface area (Å²) >= 11 is 0. The smallest absolute Gasteiger partial charge is 0.122 e. The van der Waals surface area contributed by atoms with E-state index in [-0.39, 0.29) is 0 Å². The van der Waals surface area contributed by atoms with Gasteiger partial charge in [0, 0.05) is 12.6 Å². The number of hydrogen-bond donors (Lipinski definition) is 1. The number of nitrogens with zero attached hydrogens (tertiary/aromatic N) is 1. The molecule has 3 heteroatoms. The van der Waals surface area contributed by atoms with Crippen LogP contribution < -0.4 is 5.32 Å². The Balaban J connectivity index is 1.92. The molecule has 0 radical (unpaired) electrons. The monoisotopic (exact) mass is 250 g/mol. The van der Waals surface area contributed by atoms with Crippen molar-refractivity contribution in [2.45, 2.75) is 51.6 Å². The fourth-order valence-corrected chi connectivity index (χ4v) is 2.79. The van der Waals surface area contributed by atoms with Crippen LogP contribution in [0.1, 0.15) is 51.3 Å². The van der Waals surface area contributed by atoms with E-state index in [1.807, 2.05) is 6.07 Å². The summed E-state index contributed by atoms with van der Waals surface area (Å²) in [4.78, 5) is 2.55. The molecule has 1 aromatic rings. The van der Waals surface area contributed by atoms with Crippen molar-refractivity contribution in [3.8, 4) is 0 Å². The van der Waals surface area contributed by atoms with Crippen molar-refractivity contribution < 1.29 is 4.42 Å². The Morgan fingerprint density at radius 3 is 2.78 bits per heavy atom. The predicted octanol–water partition coefficient (Wildman–Crippen LogP) is 3.19. The number of rotatable bonds is 7. The minimum atomic E-state index is 0.404. The van der Waals surface area contributed by atoms with Crippen molar-refractivity contribution >= 4 is 0 Å². The third-order valence-corrected chi connectivity index (χ3v) is 3.83. The van der Waals surface area contributed by atoms with Crippen molar-refractivity contribution in [3.63, 3.8) is 0 Å². The van der Waals surface area contributed by atoms with Crippen molar-refractivity contribution in [1.29, 1.82) is 0 Å². The van der Waals surface area contributed by atoms with Crippen molar-refractivity contribution in [2.24, 2.45) is 0 Å². The largest absolute Gasteiger partial charge is 0.468 e. The molecule has 0 bridgehead atoms. The molecule has 102 valence electrons. The second kappa shape index (κ2) is 6.95. The summed E-state index contributed by atoms with van der Waals surface area (Å²) < 4.78 is 5.62. The lowest BCUT2D eigenvalue weighted by Crippen LogP contribution is -2.37. The van der Waals surface area contributed by atoms with E-state index in [2.05, 4.69) is 30.1 Å². The lowest BCUT2D eigenvalue weighted by molar-refractivity contribution is 0.204. The molecule has 2 atom stereocenters. The molecule has 3 nitrogen and oxygen atoms in total. The average Bonchev–Trinajstić information content (AvgIpc) is 3.02. The molecule has 1 fully saturated rings. The molecular weight excluding hydrogens is 224 g/mol. The van der Waals surface area contributed by atoms with Gasteiger partial charge in [0.1, 0.15) is 5.76 Å². The summed E-state index contributed by atoms with van der Waals surface area (Å²) in [5.74, 6) is 1.10. The summed E-state index contributed by atoms with van der Waals surface area (Å²) in [6.45, 7) is 7.91. The molecule has 1 saturated heterocycles. The van der Waals surface area contributed by atoms with Gasteiger partial charge in [-0.25, -0.2) is 0 Å². The zero-order valence-electron chi connectivity index (χ0n) is 11.7. The van der Waals surface area contributed by atoms with Gasteiger partial charge >= 0.3 is 0 Å². The Kier molecular flexibility index (Phi) is 5.26. The van der Waals surface area contributed by atoms with Crippen LogP contribution in [-0.4, -0.2) is 30.6 Å². The normalized spacial score (nSPS) is 20.1. The first-order chi connectivity index (χ1) is 8.81. The second-order valence-corrected chi connectivity index (χ2v) is 5.37. The second-order valence-electron chi connectivity index (χ2n) is 5.37. The fourth-order valence-electron chi connectivity index (χ4n) is 2.79. The average molecular weight is 250 g/mol. The van der Waals surface area contributed by atoms with Crippen LogP contribution >= 0.6 is 0 Å². The minimum absolute atomic E-state index is 0.404. The third kappa shape index (κ3) is 3.59. The summed E-state index contributed by atoms with van der Waals surface area (Å²) in [6, 6.07) is 5.10. The van der Waals surface area contributed by atoms with E-state index in [4.69, 9.17) is 4.42 Å². The maximum absolute atomic E-state index is 5.62. The van der Waals surface area contributed by atoms with Crippen LogP contribution in [0.2, 0.25) is 0 Å². The third-order valence-electron chi connectivity index (χ3n) is 3.83. The summed E-state index contributed by atoms with van der Waals surface area (Å²) in [7, 11) is 0. The Morgan fingerprint density at radius 2 is 2.17 bits per heavy atom. The van der Waals surface area contributed by atoms with Gasteiger partial charge in [0.25, 0.3) is 0 Å². The molecule has 18 heavy (non-hydrogen) atoms. The highest BCUT2D eigenvalue weighted by molar-refractivity contribution is 5.06. The first-order valence-electron chi connectivity index (χ1n) is 7.32. The van der Waals surface area contributed by atoms with Gasteiger partial charge in [-0.15, -0.1) is 0 Å². The van der Waals surface area contributed by atoms with E-state index in [1.54, 1.807) is 6.26 Å². The van der Waals surface area contributed by atoms with Gasteiger partial charge in [0.2, 0.25) is 0 Å². The first kappa shape index (κ1) is 13.6. The maximum atomic E-state index is 5.62.